The standard InChI is InChI=1S/C16H18ClN3O4S/c1-19-15(21)14(18-16(19)22)10-25(23,24)20-8-6-12(7-9-20)11-2-4-13(17)5-3-11/h2-6,21H,7-10H2,1H3,(H,18,22). The van der Waals surface area contributed by atoms with Gasteiger partial charge in [0.25, 0.3) is 0 Å². The number of halogens is 1. The molecule has 0 radical (unpaired) electrons. The lowest BCUT2D eigenvalue weighted by molar-refractivity contribution is 0.420. The number of aromatic nitrogens is 2. The van der Waals surface area contributed by atoms with Gasteiger partial charge in [-0.25, -0.2) is 13.2 Å². The Bertz CT molecular complexity index is 974. The van der Waals surface area contributed by atoms with Crippen LogP contribution in [0.4, 0.5) is 0 Å². The van der Waals surface area contributed by atoms with Crippen LogP contribution in [-0.4, -0.2) is 40.5 Å². The van der Waals surface area contributed by atoms with Crippen LogP contribution in [0.1, 0.15) is 17.7 Å². The molecule has 0 spiro atoms. The predicted molar refractivity (Wildman–Crippen MR) is 95.9 cm³/mol. The third-order valence-corrected chi connectivity index (χ3v) is 6.28. The zero-order valence-corrected chi connectivity index (χ0v) is 15.1. The van der Waals surface area contributed by atoms with Crippen molar-refractivity contribution in [3.63, 3.8) is 0 Å². The molecule has 1 aromatic heterocycles. The van der Waals surface area contributed by atoms with Crippen LogP contribution in [0.3, 0.4) is 0 Å². The van der Waals surface area contributed by atoms with Crippen molar-refractivity contribution in [1.29, 1.82) is 0 Å². The second-order valence-corrected chi connectivity index (χ2v) is 8.30. The van der Waals surface area contributed by atoms with Crippen molar-refractivity contribution in [2.24, 2.45) is 7.05 Å². The van der Waals surface area contributed by atoms with Crippen LogP contribution in [0.2, 0.25) is 5.02 Å². The molecule has 0 amide bonds. The minimum absolute atomic E-state index is 0.0000206. The Kier molecular flexibility index (Phi) is 4.77. The normalized spacial score (nSPS) is 16.0. The van der Waals surface area contributed by atoms with Crippen molar-refractivity contribution < 1.29 is 13.5 Å². The van der Waals surface area contributed by atoms with Gasteiger partial charge >= 0.3 is 5.69 Å². The van der Waals surface area contributed by atoms with Crippen molar-refractivity contribution in [2.75, 3.05) is 13.1 Å². The number of imidazole rings is 1. The van der Waals surface area contributed by atoms with E-state index in [-0.39, 0.29) is 18.1 Å². The number of rotatable bonds is 4. The van der Waals surface area contributed by atoms with Gasteiger partial charge in [-0.05, 0) is 29.7 Å². The molecule has 2 N–H and O–H groups in total. The molecule has 9 heteroatoms. The highest BCUT2D eigenvalue weighted by atomic mass is 35.5. The quantitative estimate of drug-likeness (QED) is 0.839. The maximum Gasteiger partial charge on any atom is 0.328 e. The molecule has 0 atom stereocenters. The van der Waals surface area contributed by atoms with Gasteiger partial charge in [0.1, 0.15) is 5.75 Å². The van der Waals surface area contributed by atoms with Gasteiger partial charge in [-0.1, -0.05) is 29.8 Å². The van der Waals surface area contributed by atoms with Crippen LogP contribution in [0, 0.1) is 0 Å². The molecule has 0 aliphatic carbocycles. The molecule has 0 unspecified atom stereocenters. The zero-order valence-electron chi connectivity index (χ0n) is 13.6. The number of hydrogen-bond donors (Lipinski definition) is 2. The van der Waals surface area contributed by atoms with E-state index < -0.39 is 21.5 Å². The van der Waals surface area contributed by atoms with Gasteiger partial charge in [-0.2, -0.15) is 4.31 Å². The molecular formula is C16H18ClN3O4S. The molecule has 3 rings (SSSR count). The molecule has 2 heterocycles. The Balaban J connectivity index is 1.75. The van der Waals surface area contributed by atoms with E-state index in [1.807, 2.05) is 18.2 Å². The Morgan fingerprint density at radius 2 is 1.96 bits per heavy atom. The lowest BCUT2D eigenvalue weighted by Crippen LogP contribution is -2.35. The summed E-state index contributed by atoms with van der Waals surface area (Å²) in [4.78, 5) is 13.8. The van der Waals surface area contributed by atoms with Gasteiger partial charge in [0.15, 0.2) is 0 Å². The average molecular weight is 384 g/mol. The highest BCUT2D eigenvalue weighted by Gasteiger charge is 2.27. The van der Waals surface area contributed by atoms with E-state index in [9.17, 15) is 18.3 Å². The number of nitrogens with one attached hydrogen (secondary N) is 1. The first kappa shape index (κ1) is 17.8. The SMILES string of the molecule is Cn1c(O)c(CS(=O)(=O)N2CC=C(c3ccc(Cl)cc3)CC2)[nH]c1=O. The summed E-state index contributed by atoms with van der Waals surface area (Å²) >= 11 is 5.88. The molecule has 134 valence electrons. The number of sulfonamides is 1. The molecule has 25 heavy (non-hydrogen) atoms. The Hall–Kier alpha value is -2.03. The third kappa shape index (κ3) is 3.65. The summed E-state index contributed by atoms with van der Waals surface area (Å²) < 4.78 is 27.4. The number of aromatic hydroxyl groups is 1. The van der Waals surface area contributed by atoms with Crippen LogP contribution < -0.4 is 5.69 Å². The predicted octanol–water partition coefficient (Wildman–Crippen LogP) is 1.69. The van der Waals surface area contributed by atoms with E-state index >= 15 is 0 Å². The van der Waals surface area contributed by atoms with Gasteiger partial charge in [0.2, 0.25) is 15.9 Å². The van der Waals surface area contributed by atoms with Crippen molar-refractivity contribution >= 4 is 27.2 Å². The van der Waals surface area contributed by atoms with Crippen LogP contribution in [0.15, 0.2) is 35.1 Å². The van der Waals surface area contributed by atoms with Gasteiger partial charge in [-0.3, -0.25) is 4.57 Å². The largest absolute Gasteiger partial charge is 0.493 e. The van der Waals surface area contributed by atoms with Gasteiger partial charge < -0.3 is 10.1 Å². The van der Waals surface area contributed by atoms with Crippen LogP contribution in [-0.2, 0) is 22.8 Å². The molecule has 1 aromatic carbocycles. The molecule has 0 saturated carbocycles. The van der Waals surface area contributed by atoms with Crippen molar-refractivity contribution in [3.05, 3.63) is 57.1 Å². The maximum absolute atomic E-state index is 12.6. The van der Waals surface area contributed by atoms with E-state index in [2.05, 4.69) is 4.98 Å². The van der Waals surface area contributed by atoms with E-state index in [0.29, 0.717) is 18.0 Å². The van der Waals surface area contributed by atoms with Crippen molar-refractivity contribution in [3.8, 4) is 5.88 Å². The van der Waals surface area contributed by atoms with Crippen LogP contribution in [0.25, 0.3) is 5.57 Å². The fraction of sp³-hybridized carbons (Fsp3) is 0.312. The second-order valence-electron chi connectivity index (χ2n) is 5.89. The molecule has 0 fully saturated rings. The first-order chi connectivity index (χ1) is 11.8. The second kappa shape index (κ2) is 6.70. The fourth-order valence-corrected chi connectivity index (χ4v) is 4.32. The van der Waals surface area contributed by atoms with Crippen LogP contribution >= 0.6 is 11.6 Å². The summed E-state index contributed by atoms with van der Waals surface area (Å²) in [5.41, 5.74) is 1.54. The lowest BCUT2D eigenvalue weighted by Gasteiger charge is -2.25. The summed E-state index contributed by atoms with van der Waals surface area (Å²) in [6.07, 6.45) is 2.45. The number of hydrogen-bond acceptors (Lipinski definition) is 4. The van der Waals surface area contributed by atoms with E-state index in [1.54, 1.807) is 12.1 Å². The highest BCUT2D eigenvalue weighted by Crippen LogP contribution is 2.26. The van der Waals surface area contributed by atoms with Crippen molar-refractivity contribution in [1.82, 2.24) is 13.9 Å². The number of H-pyrrole nitrogens is 1. The molecule has 0 bridgehead atoms. The Labute approximate surface area is 150 Å². The number of nitrogens with zero attached hydrogens (tertiary/aromatic N) is 2. The van der Waals surface area contributed by atoms with Crippen LogP contribution in [0.5, 0.6) is 5.88 Å². The minimum atomic E-state index is -3.65. The van der Waals surface area contributed by atoms with Crippen molar-refractivity contribution in [2.45, 2.75) is 12.2 Å². The van der Waals surface area contributed by atoms with Gasteiger partial charge in [0, 0.05) is 25.2 Å². The fourth-order valence-electron chi connectivity index (χ4n) is 2.77. The smallest absolute Gasteiger partial charge is 0.328 e. The minimum Gasteiger partial charge on any atom is -0.493 e. The van der Waals surface area contributed by atoms with E-state index in [0.717, 1.165) is 15.7 Å². The van der Waals surface area contributed by atoms with E-state index in [4.69, 9.17) is 11.6 Å². The number of benzene rings is 1. The molecular weight excluding hydrogens is 366 g/mol. The maximum atomic E-state index is 12.6. The Morgan fingerprint density at radius 3 is 2.48 bits per heavy atom. The lowest BCUT2D eigenvalue weighted by atomic mass is 10.0. The first-order valence-electron chi connectivity index (χ1n) is 7.67. The van der Waals surface area contributed by atoms with Gasteiger partial charge in [-0.15, -0.1) is 0 Å². The molecule has 2 aromatic rings. The van der Waals surface area contributed by atoms with Gasteiger partial charge in [0.05, 0.1) is 5.69 Å². The molecule has 0 saturated heterocycles. The summed E-state index contributed by atoms with van der Waals surface area (Å²) in [6, 6.07) is 7.42. The number of aromatic amines is 1. The van der Waals surface area contributed by atoms with E-state index in [1.165, 1.54) is 11.4 Å². The topological polar surface area (TPSA) is 95.4 Å². The summed E-state index contributed by atoms with van der Waals surface area (Å²) in [5.74, 6) is -0.804. The summed E-state index contributed by atoms with van der Waals surface area (Å²) in [7, 11) is -2.28. The molecule has 1 aliphatic rings. The summed E-state index contributed by atoms with van der Waals surface area (Å²) in [6.45, 7) is 0.590. The Morgan fingerprint density at radius 1 is 1.28 bits per heavy atom. The third-order valence-electron chi connectivity index (χ3n) is 4.26. The highest BCUT2D eigenvalue weighted by molar-refractivity contribution is 7.88. The monoisotopic (exact) mass is 383 g/mol. The average Bonchev–Trinajstić information content (AvgIpc) is 2.82. The summed E-state index contributed by atoms with van der Waals surface area (Å²) in [5, 5.41) is 10.5. The molecule has 7 nitrogen and oxygen atoms in total. The first-order valence-corrected chi connectivity index (χ1v) is 9.66. The molecule has 1 aliphatic heterocycles. The zero-order chi connectivity index (χ0) is 18.2.